The number of anilines is 1. The van der Waals surface area contributed by atoms with Crippen molar-refractivity contribution in [1.29, 1.82) is 0 Å². The van der Waals surface area contributed by atoms with E-state index in [0.717, 1.165) is 24.2 Å². The van der Waals surface area contributed by atoms with Gasteiger partial charge in [-0.15, -0.1) is 0 Å². The van der Waals surface area contributed by atoms with E-state index < -0.39 is 0 Å². The van der Waals surface area contributed by atoms with Crippen LogP contribution in [-0.2, 0) is 4.79 Å². The maximum absolute atomic E-state index is 12.0. The Hall–Kier alpha value is -2.21. The van der Waals surface area contributed by atoms with Crippen LogP contribution in [0.5, 0.6) is 0 Å². The summed E-state index contributed by atoms with van der Waals surface area (Å²) in [6.45, 7) is 3.37. The first kappa shape index (κ1) is 15.7. The van der Waals surface area contributed by atoms with Crippen LogP contribution >= 0.6 is 0 Å². The first-order chi connectivity index (χ1) is 11.3. The molecule has 1 aliphatic heterocycles. The molecule has 3 rings (SSSR count). The Bertz CT molecular complexity index is 619. The first-order valence-corrected chi connectivity index (χ1v) is 8.29. The third-order valence-electron chi connectivity index (χ3n) is 4.14. The average molecular weight is 313 g/mol. The van der Waals surface area contributed by atoms with E-state index in [1.165, 1.54) is 32.4 Å². The molecule has 0 saturated carbocycles. The van der Waals surface area contributed by atoms with Gasteiger partial charge < -0.3 is 10.2 Å². The largest absolute Gasteiger partial charge is 0.311 e. The van der Waals surface area contributed by atoms with Gasteiger partial charge in [0, 0.05) is 30.4 Å². The van der Waals surface area contributed by atoms with Gasteiger partial charge in [0.05, 0.1) is 5.69 Å². The third-order valence-corrected chi connectivity index (χ3v) is 4.14. The average Bonchev–Trinajstić information content (AvgIpc) is 3.05. The van der Waals surface area contributed by atoms with E-state index in [9.17, 15) is 4.79 Å². The Kier molecular flexibility index (Phi) is 5.37. The second-order valence-corrected chi connectivity index (χ2v) is 5.96. The number of carbonyl (C=O) groups is 1. The molecule has 1 amide bonds. The Morgan fingerprint density at radius 3 is 2.96 bits per heavy atom. The number of hydrogen-bond acceptors (Lipinski definition) is 4. The van der Waals surface area contributed by atoms with Crippen LogP contribution in [0.1, 0.15) is 32.1 Å². The van der Waals surface area contributed by atoms with Crippen LogP contribution in [0.2, 0.25) is 0 Å². The van der Waals surface area contributed by atoms with E-state index in [0.29, 0.717) is 12.2 Å². The summed E-state index contributed by atoms with van der Waals surface area (Å²) in [5.74, 6) is 0.662. The Balaban J connectivity index is 1.44. The highest BCUT2D eigenvalue weighted by atomic mass is 16.1. The molecule has 0 radical (unpaired) electrons. The topological polar surface area (TPSA) is 73.9 Å². The van der Waals surface area contributed by atoms with E-state index in [2.05, 4.69) is 25.4 Å². The lowest BCUT2D eigenvalue weighted by Crippen LogP contribution is -2.31. The van der Waals surface area contributed by atoms with Gasteiger partial charge in [0.2, 0.25) is 5.91 Å². The number of pyridine rings is 1. The standard InChI is InChI=1S/C17H23N5O/c23-17(7-5-11-22-9-2-1-3-10-22)19-16-12-15(20-21-16)14-6-4-8-18-13-14/h4,6,8,12-13H,1-3,5,7,9-11H2,(H2,19,20,21,23). The van der Waals surface area contributed by atoms with Crippen molar-refractivity contribution in [1.82, 2.24) is 20.1 Å². The summed E-state index contributed by atoms with van der Waals surface area (Å²) in [6, 6.07) is 5.63. The fourth-order valence-corrected chi connectivity index (χ4v) is 2.91. The van der Waals surface area contributed by atoms with Crippen LogP contribution in [0.4, 0.5) is 5.82 Å². The van der Waals surface area contributed by atoms with E-state index in [1.807, 2.05) is 18.2 Å². The van der Waals surface area contributed by atoms with Crippen LogP contribution in [0, 0.1) is 0 Å². The number of aromatic amines is 1. The lowest BCUT2D eigenvalue weighted by molar-refractivity contribution is -0.116. The smallest absolute Gasteiger partial charge is 0.225 e. The van der Waals surface area contributed by atoms with Gasteiger partial charge >= 0.3 is 0 Å². The Labute approximate surface area is 136 Å². The normalized spacial score (nSPS) is 15.5. The minimum absolute atomic E-state index is 0.0309. The highest BCUT2D eigenvalue weighted by Gasteiger charge is 2.11. The third kappa shape index (κ3) is 4.63. The number of piperidine rings is 1. The predicted octanol–water partition coefficient (Wildman–Crippen LogP) is 2.68. The quantitative estimate of drug-likeness (QED) is 0.860. The van der Waals surface area contributed by atoms with E-state index in [-0.39, 0.29) is 5.91 Å². The number of hydrogen-bond donors (Lipinski definition) is 2. The van der Waals surface area contributed by atoms with E-state index in [1.54, 1.807) is 12.4 Å². The molecule has 2 aromatic rings. The summed E-state index contributed by atoms with van der Waals surface area (Å²) >= 11 is 0. The lowest BCUT2D eigenvalue weighted by atomic mass is 10.1. The highest BCUT2D eigenvalue weighted by molar-refractivity contribution is 5.90. The summed E-state index contributed by atoms with van der Waals surface area (Å²) in [4.78, 5) is 18.5. The lowest BCUT2D eigenvalue weighted by Gasteiger charge is -2.26. The fourth-order valence-electron chi connectivity index (χ4n) is 2.91. The number of nitrogens with one attached hydrogen (secondary N) is 2. The first-order valence-electron chi connectivity index (χ1n) is 8.29. The summed E-state index contributed by atoms with van der Waals surface area (Å²) in [7, 11) is 0. The van der Waals surface area contributed by atoms with Gasteiger partial charge in [0.1, 0.15) is 5.82 Å². The van der Waals surface area contributed by atoms with Crippen molar-refractivity contribution in [3.8, 4) is 11.3 Å². The second kappa shape index (κ2) is 7.87. The monoisotopic (exact) mass is 313 g/mol. The molecule has 0 aliphatic carbocycles. The maximum Gasteiger partial charge on any atom is 0.225 e. The molecular formula is C17H23N5O. The highest BCUT2D eigenvalue weighted by Crippen LogP contribution is 2.18. The minimum atomic E-state index is 0.0309. The number of amides is 1. The SMILES string of the molecule is O=C(CCCN1CCCCC1)Nc1cc(-c2cccnc2)n[nH]1. The molecule has 3 heterocycles. The van der Waals surface area contributed by atoms with Crippen molar-refractivity contribution >= 4 is 11.7 Å². The Morgan fingerprint density at radius 2 is 2.17 bits per heavy atom. The molecule has 1 fully saturated rings. The molecule has 0 aromatic carbocycles. The maximum atomic E-state index is 12.0. The zero-order chi connectivity index (χ0) is 15.9. The summed E-state index contributed by atoms with van der Waals surface area (Å²) in [5, 5.41) is 9.93. The number of H-pyrrole nitrogens is 1. The molecule has 0 unspecified atom stereocenters. The molecule has 6 heteroatoms. The van der Waals surface area contributed by atoms with Gasteiger partial charge in [-0.05, 0) is 51.0 Å². The molecule has 122 valence electrons. The zero-order valence-corrected chi connectivity index (χ0v) is 13.3. The summed E-state index contributed by atoms with van der Waals surface area (Å²) < 4.78 is 0. The molecule has 0 atom stereocenters. The van der Waals surface area contributed by atoms with Crippen molar-refractivity contribution < 1.29 is 4.79 Å². The van der Waals surface area contributed by atoms with Crippen LogP contribution < -0.4 is 5.32 Å². The summed E-state index contributed by atoms with van der Waals surface area (Å²) in [5.41, 5.74) is 1.70. The van der Waals surface area contributed by atoms with Gasteiger partial charge in [-0.1, -0.05) is 6.42 Å². The van der Waals surface area contributed by atoms with Crippen LogP contribution in [-0.4, -0.2) is 45.6 Å². The molecule has 6 nitrogen and oxygen atoms in total. The van der Waals surface area contributed by atoms with Gasteiger partial charge in [0.25, 0.3) is 0 Å². The predicted molar refractivity (Wildman–Crippen MR) is 90.0 cm³/mol. The molecule has 0 spiro atoms. The fraction of sp³-hybridized carbons (Fsp3) is 0.471. The molecule has 2 aromatic heterocycles. The van der Waals surface area contributed by atoms with Crippen LogP contribution in [0.3, 0.4) is 0 Å². The molecule has 1 saturated heterocycles. The number of rotatable bonds is 6. The molecule has 0 bridgehead atoms. The minimum Gasteiger partial charge on any atom is -0.311 e. The van der Waals surface area contributed by atoms with Crippen molar-refractivity contribution in [3.63, 3.8) is 0 Å². The molecule has 1 aliphatic rings. The van der Waals surface area contributed by atoms with E-state index in [4.69, 9.17) is 0 Å². The number of likely N-dealkylation sites (tertiary alicyclic amines) is 1. The van der Waals surface area contributed by atoms with Crippen molar-refractivity contribution in [2.75, 3.05) is 25.0 Å². The number of carbonyl (C=O) groups excluding carboxylic acids is 1. The van der Waals surface area contributed by atoms with E-state index >= 15 is 0 Å². The van der Waals surface area contributed by atoms with Crippen LogP contribution in [0.15, 0.2) is 30.6 Å². The zero-order valence-electron chi connectivity index (χ0n) is 13.3. The van der Waals surface area contributed by atoms with Crippen molar-refractivity contribution in [2.24, 2.45) is 0 Å². The molecular weight excluding hydrogens is 290 g/mol. The number of nitrogens with zero attached hydrogens (tertiary/aromatic N) is 3. The van der Waals surface area contributed by atoms with Gasteiger partial charge in [0.15, 0.2) is 0 Å². The van der Waals surface area contributed by atoms with Gasteiger partial charge in [-0.3, -0.25) is 14.9 Å². The van der Waals surface area contributed by atoms with Crippen molar-refractivity contribution in [3.05, 3.63) is 30.6 Å². The number of aromatic nitrogens is 3. The van der Waals surface area contributed by atoms with Crippen molar-refractivity contribution in [2.45, 2.75) is 32.1 Å². The molecule has 2 N–H and O–H groups in total. The second-order valence-electron chi connectivity index (χ2n) is 5.96. The molecule has 23 heavy (non-hydrogen) atoms. The Morgan fingerprint density at radius 1 is 1.30 bits per heavy atom. The van der Waals surface area contributed by atoms with Gasteiger partial charge in [-0.2, -0.15) is 5.10 Å². The summed E-state index contributed by atoms with van der Waals surface area (Å²) in [6.07, 6.45) is 8.83. The van der Waals surface area contributed by atoms with Crippen LogP contribution in [0.25, 0.3) is 11.3 Å². The van der Waals surface area contributed by atoms with Gasteiger partial charge in [-0.25, -0.2) is 0 Å².